The van der Waals surface area contributed by atoms with E-state index in [0.717, 1.165) is 25.2 Å². The molecule has 1 aliphatic heterocycles. The summed E-state index contributed by atoms with van der Waals surface area (Å²) in [4.78, 5) is 13.9. The lowest BCUT2D eigenvalue weighted by molar-refractivity contribution is 0.182. The minimum absolute atomic E-state index is 0.0303. The molecule has 19 heavy (non-hydrogen) atoms. The first-order valence-corrected chi connectivity index (χ1v) is 6.56. The fourth-order valence-electron chi connectivity index (χ4n) is 2.31. The third-order valence-corrected chi connectivity index (χ3v) is 3.39. The Morgan fingerprint density at radius 3 is 2.68 bits per heavy atom. The van der Waals surface area contributed by atoms with E-state index in [-0.39, 0.29) is 11.9 Å². The molecule has 1 fully saturated rings. The summed E-state index contributed by atoms with van der Waals surface area (Å²) in [6.07, 6.45) is 2.26. The zero-order valence-corrected chi connectivity index (χ0v) is 11.1. The second kappa shape index (κ2) is 5.73. The number of carbonyl (C=O) groups excluding carboxylic acids is 1. The zero-order valence-electron chi connectivity index (χ0n) is 11.1. The Labute approximate surface area is 113 Å². The lowest BCUT2D eigenvalue weighted by atomic mass is 10.0. The second-order valence-electron chi connectivity index (χ2n) is 5.11. The molecule has 1 unspecified atom stereocenters. The van der Waals surface area contributed by atoms with Crippen LogP contribution in [0.2, 0.25) is 0 Å². The van der Waals surface area contributed by atoms with Crippen molar-refractivity contribution in [1.82, 2.24) is 4.90 Å². The Hall–Kier alpha value is -2.04. The Bertz CT molecular complexity index is 469. The van der Waals surface area contributed by atoms with Gasteiger partial charge in [0, 0.05) is 24.3 Å². The largest absolute Gasteiger partial charge is 0.384 e. The molecule has 0 bridgehead atoms. The van der Waals surface area contributed by atoms with Gasteiger partial charge in [-0.2, -0.15) is 0 Å². The number of benzene rings is 1. The number of urea groups is 1. The van der Waals surface area contributed by atoms with Gasteiger partial charge in [0.15, 0.2) is 0 Å². The average Bonchev–Trinajstić information content (AvgIpc) is 2.39. The van der Waals surface area contributed by atoms with E-state index in [4.69, 9.17) is 11.1 Å². The quantitative estimate of drug-likeness (QED) is 0.563. The highest BCUT2D eigenvalue weighted by Gasteiger charge is 2.20. The van der Waals surface area contributed by atoms with Crippen LogP contribution in [-0.4, -0.2) is 29.9 Å². The van der Waals surface area contributed by atoms with Crippen molar-refractivity contribution in [2.24, 2.45) is 11.7 Å². The van der Waals surface area contributed by atoms with Crippen molar-refractivity contribution in [3.05, 3.63) is 29.8 Å². The number of nitrogens with two attached hydrogens (primary N) is 1. The molecule has 2 amide bonds. The molecule has 0 aromatic heterocycles. The first kappa shape index (κ1) is 13.4. The molecule has 0 aliphatic carbocycles. The molecular weight excluding hydrogens is 240 g/mol. The molecule has 1 aromatic rings. The number of amides is 2. The monoisotopic (exact) mass is 260 g/mol. The maximum absolute atomic E-state index is 12.1. The molecule has 5 nitrogen and oxygen atoms in total. The van der Waals surface area contributed by atoms with E-state index in [9.17, 15) is 4.79 Å². The van der Waals surface area contributed by atoms with Crippen LogP contribution in [0.1, 0.15) is 25.3 Å². The number of rotatable bonds is 2. The van der Waals surface area contributed by atoms with Crippen LogP contribution in [0.4, 0.5) is 10.5 Å². The Kier molecular flexibility index (Phi) is 4.04. The predicted molar refractivity (Wildman–Crippen MR) is 76.4 cm³/mol. The predicted octanol–water partition coefficient (Wildman–Crippen LogP) is 2.23. The van der Waals surface area contributed by atoms with Crippen molar-refractivity contribution in [3.8, 4) is 0 Å². The van der Waals surface area contributed by atoms with Crippen molar-refractivity contribution in [2.75, 3.05) is 18.4 Å². The van der Waals surface area contributed by atoms with Crippen molar-refractivity contribution < 1.29 is 4.79 Å². The van der Waals surface area contributed by atoms with E-state index in [0.29, 0.717) is 11.5 Å². The second-order valence-corrected chi connectivity index (χ2v) is 5.11. The van der Waals surface area contributed by atoms with Gasteiger partial charge in [-0.25, -0.2) is 4.79 Å². The van der Waals surface area contributed by atoms with Crippen LogP contribution in [0.3, 0.4) is 0 Å². The van der Waals surface area contributed by atoms with E-state index in [2.05, 4.69) is 12.2 Å². The van der Waals surface area contributed by atoms with Crippen LogP contribution in [0, 0.1) is 11.3 Å². The lowest BCUT2D eigenvalue weighted by Gasteiger charge is -2.30. The standard InChI is InChI=1S/C14H20N4O/c1-10-3-2-8-18(9-10)14(19)17-12-6-4-11(5-7-12)13(15)16/h4-7,10H,2-3,8-9H2,1H3,(H3,15,16)(H,17,19). The SMILES string of the molecule is CC1CCCN(C(=O)Nc2ccc(C(=N)N)cc2)C1. The zero-order chi connectivity index (χ0) is 13.8. The molecular formula is C14H20N4O. The summed E-state index contributed by atoms with van der Waals surface area (Å²) < 4.78 is 0. The summed E-state index contributed by atoms with van der Waals surface area (Å²) in [5.74, 6) is 0.599. The molecule has 4 N–H and O–H groups in total. The fourth-order valence-corrected chi connectivity index (χ4v) is 2.31. The Morgan fingerprint density at radius 2 is 2.11 bits per heavy atom. The van der Waals surface area contributed by atoms with Crippen molar-refractivity contribution in [1.29, 1.82) is 5.41 Å². The Morgan fingerprint density at radius 1 is 1.42 bits per heavy atom. The molecule has 0 spiro atoms. The summed E-state index contributed by atoms with van der Waals surface area (Å²) in [5.41, 5.74) is 6.77. The number of amidine groups is 1. The number of nitrogens with zero attached hydrogens (tertiary/aromatic N) is 1. The third-order valence-electron chi connectivity index (χ3n) is 3.39. The van der Waals surface area contributed by atoms with Gasteiger partial charge in [-0.3, -0.25) is 5.41 Å². The topological polar surface area (TPSA) is 82.2 Å². The highest BCUT2D eigenvalue weighted by molar-refractivity contribution is 5.96. The third kappa shape index (κ3) is 3.47. The number of hydrogen-bond acceptors (Lipinski definition) is 2. The van der Waals surface area contributed by atoms with Crippen LogP contribution in [-0.2, 0) is 0 Å². The minimum Gasteiger partial charge on any atom is -0.384 e. The van der Waals surface area contributed by atoms with Gasteiger partial charge in [0.25, 0.3) is 0 Å². The van der Waals surface area contributed by atoms with Gasteiger partial charge in [0.2, 0.25) is 0 Å². The lowest BCUT2D eigenvalue weighted by Crippen LogP contribution is -2.41. The summed E-state index contributed by atoms with van der Waals surface area (Å²) in [5, 5.41) is 10.2. The average molecular weight is 260 g/mol. The maximum atomic E-state index is 12.1. The number of hydrogen-bond donors (Lipinski definition) is 3. The van der Waals surface area contributed by atoms with E-state index in [1.54, 1.807) is 24.3 Å². The highest BCUT2D eigenvalue weighted by atomic mass is 16.2. The Balaban J connectivity index is 1.96. The van der Waals surface area contributed by atoms with E-state index < -0.39 is 0 Å². The molecule has 0 saturated carbocycles. The van der Waals surface area contributed by atoms with Crippen molar-refractivity contribution in [3.63, 3.8) is 0 Å². The summed E-state index contributed by atoms with van der Waals surface area (Å²) >= 11 is 0. The molecule has 0 radical (unpaired) electrons. The number of nitrogen functional groups attached to an aromatic ring is 1. The van der Waals surface area contributed by atoms with E-state index in [1.165, 1.54) is 6.42 Å². The maximum Gasteiger partial charge on any atom is 0.321 e. The summed E-state index contributed by atoms with van der Waals surface area (Å²) in [7, 11) is 0. The van der Waals surface area contributed by atoms with Gasteiger partial charge in [-0.05, 0) is 43.0 Å². The van der Waals surface area contributed by atoms with Gasteiger partial charge in [0.05, 0.1) is 0 Å². The van der Waals surface area contributed by atoms with Gasteiger partial charge >= 0.3 is 6.03 Å². The summed E-state index contributed by atoms with van der Waals surface area (Å²) in [6, 6.07) is 6.94. The molecule has 1 heterocycles. The van der Waals surface area contributed by atoms with Crippen LogP contribution in [0.5, 0.6) is 0 Å². The van der Waals surface area contributed by atoms with Crippen LogP contribution in [0.25, 0.3) is 0 Å². The van der Waals surface area contributed by atoms with Crippen LogP contribution >= 0.6 is 0 Å². The first-order valence-electron chi connectivity index (χ1n) is 6.56. The van der Waals surface area contributed by atoms with E-state index in [1.807, 2.05) is 4.90 Å². The number of likely N-dealkylation sites (tertiary alicyclic amines) is 1. The van der Waals surface area contributed by atoms with Crippen molar-refractivity contribution >= 4 is 17.6 Å². The van der Waals surface area contributed by atoms with Crippen LogP contribution < -0.4 is 11.1 Å². The molecule has 1 aromatic carbocycles. The smallest absolute Gasteiger partial charge is 0.321 e. The molecule has 2 rings (SSSR count). The number of carbonyl (C=O) groups is 1. The van der Waals surface area contributed by atoms with Crippen molar-refractivity contribution in [2.45, 2.75) is 19.8 Å². The fraction of sp³-hybridized carbons (Fsp3) is 0.429. The normalized spacial score (nSPS) is 19.0. The van der Waals surface area contributed by atoms with Gasteiger partial charge in [0.1, 0.15) is 5.84 Å². The molecule has 1 aliphatic rings. The molecule has 102 valence electrons. The molecule has 1 atom stereocenters. The van der Waals surface area contributed by atoms with Gasteiger partial charge in [-0.15, -0.1) is 0 Å². The number of anilines is 1. The number of piperidine rings is 1. The summed E-state index contributed by atoms with van der Waals surface area (Å²) in [6.45, 7) is 3.81. The minimum atomic E-state index is -0.0536. The molecule has 1 saturated heterocycles. The van der Waals surface area contributed by atoms with E-state index >= 15 is 0 Å². The van der Waals surface area contributed by atoms with Gasteiger partial charge < -0.3 is 16.0 Å². The first-order chi connectivity index (χ1) is 9.06. The van der Waals surface area contributed by atoms with Crippen LogP contribution in [0.15, 0.2) is 24.3 Å². The number of nitrogens with one attached hydrogen (secondary N) is 2. The van der Waals surface area contributed by atoms with Gasteiger partial charge in [-0.1, -0.05) is 6.92 Å². The highest BCUT2D eigenvalue weighted by Crippen LogP contribution is 2.17. The molecule has 5 heteroatoms.